The Morgan fingerprint density at radius 1 is 1.14 bits per heavy atom. The second-order valence-electron chi connectivity index (χ2n) is 7.43. The van der Waals surface area contributed by atoms with E-state index in [1.807, 2.05) is 0 Å². The van der Waals surface area contributed by atoms with Gasteiger partial charge in [0.2, 0.25) is 0 Å². The molecule has 0 amide bonds. The van der Waals surface area contributed by atoms with Gasteiger partial charge in [0.25, 0.3) is 0 Å². The fourth-order valence-electron chi connectivity index (χ4n) is 3.63. The molecule has 3 rings (SSSR count). The Hall–Kier alpha value is -2.20. The van der Waals surface area contributed by atoms with Crippen LogP contribution in [0.3, 0.4) is 0 Å². The van der Waals surface area contributed by atoms with Crippen LogP contribution in [0.1, 0.15) is 48.2 Å². The third-order valence-corrected chi connectivity index (χ3v) is 5.28. The zero-order valence-electron chi connectivity index (χ0n) is 16.5. The number of methoxy groups -OCH3 is 2. The number of fused-ring (bicyclic) bond motifs is 3. The van der Waals surface area contributed by atoms with Crippen molar-refractivity contribution < 1.29 is 43.9 Å². The highest BCUT2D eigenvalue weighted by Crippen LogP contribution is 2.46. The molecular weight excluding hydrogens is 384 g/mol. The molecule has 3 N–H and O–H groups in total. The van der Waals surface area contributed by atoms with E-state index in [4.69, 9.17) is 18.9 Å². The van der Waals surface area contributed by atoms with Crippen LogP contribution in [0.5, 0.6) is 11.5 Å². The van der Waals surface area contributed by atoms with Crippen LogP contribution in [0.15, 0.2) is 12.1 Å². The van der Waals surface area contributed by atoms with Gasteiger partial charge < -0.3 is 34.3 Å². The minimum absolute atomic E-state index is 0.0158. The molecule has 9 heteroatoms. The van der Waals surface area contributed by atoms with Crippen molar-refractivity contribution in [3.63, 3.8) is 0 Å². The van der Waals surface area contributed by atoms with Crippen LogP contribution in [-0.2, 0) is 19.0 Å². The first kappa shape index (κ1) is 21.5. The zero-order valence-corrected chi connectivity index (χ0v) is 16.5. The monoisotopic (exact) mass is 410 g/mol. The lowest BCUT2D eigenvalue weighted by atomic mass is 9.95. The van der Waals surface area contributed by atoms with Crippen molar-refractivity contribution >= 4 is 11.8 Å². The molecule has 1 aromatic rings. The summed E-state index contributed by atoms with van der Waals surface area (Å²) in [6.07, 6.45) is -5.24. The number of hydrogen-bond donors (Lipinski definition) is 3. The Kier molecular flexibility index (Phi) is 6.42. The molecule has 0 radical (unpaired) electrons. The van der Waals surface area contributed by atoms with Gasteiger partial charge in [-0.2, -0.15) is 0 Å². The third kappa shape index (κ3) is 4.69. The standard InChI is InChI=1S/C20H26O9/c1-9-4-10(26-2)7-14(22)18(24)15(23)8-16-19(29-16)12-5-11(27-3)6-13(21)17(12)20(25)28-9/h5-6,9-10,15-16,18-19,21,23-24H,4,7-8H2,1-3H3/t9-,10+,15-,16+,18+,19+/m0/s1. The van der Waals surface area contributed by atoms with Crippen LogP contribution in [0.2, 0.25) is 0 Å². The van der Waals surface area contributed by atoms with Gasteiger partial charge in [-0.15, -0.1) is 0 Å². The van der Waals surface area contributed by atoms with Crippen LogP contribution in [0.4, 0.5) is 0 Å². The van der Waals surface area contributed by atoms with E-state index in [1.54, 1.807) is 13.0 Å². The zero-order chi connectivity index (χ0) is 21.3. The maximum Gasteiger partial charge on any atom is 0.342 e. The van der Waals surface area contributed by atoms with Crippen molar-refractivity contribution in [1.82, 2.24) is 0 Å². The van der Waals surface area contributed by atoms with Crippen LogP contribution in [-0.4, -0.2) is 71.8 Å². The van der Waals surface area contributed by atoms with Crippen molar-refractivity contribution in [2.45, 2.75) is 62.8 Å². The SMILES string of the molecule is COc1cc(O)c2c(c1)[C@H]1O[C@@H]1C[C@H](O)[C@H](O)C(=O)C[C@H](OC)C[C@H](C)OC2=O. The maximum atomic E-state index is 12.8. The normalized spacial score (nSPS) is 33.1. The van der Waals surface area contributed by atoms with E-state index >= 15 is 0 Å². The van der Waals surface area contributed by atoms with Crippen LogP contribution in [0, 0.1) is 0 Å². The van der Waals surface area contributed by atoms with E-state index < -0.39 is 48.4 Å². The van der Waals surface area contributed by atoms with Gasteiger partial charge in [-0.05, 0) is 13.0 Å². The number of rotatable bonds is 2. The predicted octanol–water partition coefficient (Wildman–Crippen LogP) is 0.876. The molecular formula is C20H26O9. The summed E-state index contributed by atoms with van der Waals surface area (Å²) >= 11 is 0. The van der Waals surface area contributed by atoms with Gasteiger partial charge in [-0.1, -0.05) is 0 Å². The fraction of sp³-hybridized carbons (Fsp3) is 0.600. The third-order valence-electron chi connectivity index (χ3n) is 5.28. The number of Topliss-reactive ketones (excluding diaryl/α,β-unsaturated/α-hetero) is 1. The van der Waals surface area contributed by atoms with E-state index in [0.29, 0.717) is 11.3 Å². The number of epoxide rings is 1. The van der Waals surface area contributed by atoms with Crippen molar-refractivity contribution in [1.29, 1.82) is 0 Å². The predicted molar refractivity (Wildman–Crippen MR) is 98.8 cm³/mol. The highest BCUT2D eigenvalue weighted by molar-refractivity contribution is 5.95. The molecule has 1 saturated heterocycles. The average Bonchev–Trinajstić information content (AvgIpc) is 3.43. The molecule has 0 bridgehead atoms. The van der Waals surface area contributed by atoms with Crippen molar-refractivity contribution in [2.24, 2.45) is 0 Å². The number of esters is 1. The molecule has 0 aliphatic carbocycles. The topological polar surface area (TPSA) is 135 Å². The first-order valence-corrected chi connectivity index (χ1v) is 9.44. The molecule has 9 nitrogen and oxygen atoms in total. The Balaban J connectivity index is 1.97. The van der Waals surface area contributed by atoms with Gasteiger partial charge in [0, 0.05) is 38.0 Å². The molecule has 2 aliphatic rings. The van der Waals surface area contributed by atoms with Gasteiger partial charge in [0.05, 0.1) is 25.4 Å². The summed E-state index contributed by atoms with van der Waals surface area (Å²) < 4.78 is 21.4. The summed E-state index contributed by atoms with van der Waals surface area (Å²) in [7, 11) is 2.83. The van der Waals surface area contributed by atoms with Crippen LogP contribution in [0.25, 0.3) is 0 Å². The van der Waals surface area contributed by atoms with Crippen molar-refractivity contribution in [3.05, 3.63) is 23.3 Å². The maximum absolute atomic E-state index is 12.8. The highest BCUT2D eigenvalue weighted by atomic mass is 16.6. The number of phenolic OH excluding ortho intramolecular Hbond substituents is 1. The van der Waals surface area contributed by atoms with Crippen molar-refractivity contribution in [2.75, 3.05) is 14.2 Å². The number of carbonyl (C=O) groups excluding carboxylic acids is 2. The molecule has 0 spiro atoms. The molecule has 29 heavy (non-hydrogen) atoms. The summed E-state index contributed by atoms with van der Waals surface area (Å²) in [5.74, 6) is -1.28. The van der Waals surface area contributed by atoms with Gasteiger partial charge in [-0.3, -0.25) is 4.79 Å². The van der Waals surface area contributed by atoms with Crippen LogP contribution >= 0.6 is 0 Å². The minimum Gasteiger partial charge on any atom is -0.507 e. The van der Waals surface area contributed by atoms with Gasteiger partial charge in [0.1, 0.15) is 35.4 Å². The van der Waals surface area contributed by atoms with E-state index in [-0.39, 0.29) is 30.6 Å². The first-order valence-electron chi connectivity index (χ1n) is 9.44. The number of hydrogen-bond acceptors (Lipinski definition) is 9. The number of aliphatic hydroxyl groups is 2. The Morgan fingerprint density at radius 3 is 2.52 bits per heavy atom. The number of carbonyl (C=O) groups is 2. The highest BCUT2D eigenvalue weighted by Gasteiger charge is 2.46. The first-order chi connectivity index (χ1) is 13.7. The van der Waals surface area contributed by atoms with E-state index in [1.165, 1.54) is 20.3 Å². The van der Waals surface area contributed by atoms with E-state index in [0.717, 1.165) is 0 Å². The Bertz CT molecular complexity index is 777. The number of ether oxygens (including phenoxy) is 4. The molecule has 0 saturated carbocycles. The average molecular weight is 410 g/mol. The number of benzene rings is 1. The quantitative estimate of drug-likeness (QED) is 0.479. The summed E-state index contributed by atoms with van der Waals surface area (Å²) in [6.45, 7) is 1.64. The second-order valence-corrected chi connectivity index (χ2v) is 7.43. The molecule has 0 unspecified atom stereocenters. The largest absolute Gasteiger partial charge is 0.507 e. The molecule has 2 aliphatic heterocycles. The number of aromatic hydroxyl groups is 1. The molecule has 2 heterocycles. The minimum atomic E-state index is -1.57. The van der Waals surface area contributed by atoms with Gasteiger partial charge >= 0.3 is 5.97 Å². The van der Waals surface area contributed by atoms with Crippen LogP contribution < -0.4 is 4.74 Å². The van der Waals surface area contributed by atoms with E-state index in [2.05, 4.69) is 0 Å². The summed E-state index contributed by atoms with van der Waals surface area (Å²) in [5.41, 5.74) is 0.319. The Labute approximate surface area is 168 Å². The lowest BCUT2D eigenvalue weighted by Crippen LogP contribution is -2.37. The molecule has 1 aromatic carbocycles. The smallest absolute Gasteiger partial charge is 0.342 e. The molecule has 6 atom stereocenters. The molecule has 0 aromatic heterocycles. The summed E-state index contributed by atoms with van der Waals surface area (Å²) in [6, 6.07) is 2.87. The van der Waals surface area contributed by atoms with Gasteiger partial charge in [0.15, 0.2) is 5.78 Å². The molecule has 160 valence electrons. The lowest BCUT2D eigenvalue weighted by molar-refractivity contribution is -0.136. The van der Waals surface area contributed by atoms with E-state index in [9.17, 15) is 24.9 Å². The fourth-order valence-corrected chi connectivity index (χ4v) is 3.63. The number of aliphatic hydroxyl groups excluding tert-OH is 2. The lowest BCUT2D eigenvalue weighted by Gasteiger charge is -2.23. The second kappa shape index (κ2) is 8.66. The Morgan fingerprint density at radius 2 is 1.86 bits per heavy atom. The summed E-state index contributed by atoms with van der Waals surface area (Å²) in [5, 5.41) is 30.8. The number of phenols is 1. The summed E-state index contributed by atoms with van der Waals surface area (Å²) in [4.78, 5) is 25.1. The van der Waals surface area contributed by atoms with Crippen molar-refractivity contribution in [3.8, 4) is 11.5 Å². The number of cyclic esters (lactones) is 1. The molecule has 1 fully saturated rings. The van der Waals surface area contributed by atoms with Gasteiger partial charge in [-0.25, -0.2) is 4.79 Å². The number of ketones is 1.